The van der Waals surface area contributed by atoms with Gasteiger partial charge in [-0.3, -0.25) is 0 Å². The van der Waals surface area contributed by atoms with E-state index in [1.807, 2.05) is 0 Å². The van der Waals surface area contributed by atoms with Crippen LogP contribution in [0.4, 0.5) is 5.00 Å². The normalized spacial score (nSPS) is 7.43. The van der Waals surface area contributed by atoms with Gasteiger partial charge in [0.05, 0.1) is 6.20 Å². The van der Waals surface area contributed by atoms with Crippen LogP contribution in [0.25, 0.3) is 0 Å². The standard InChI is InChI=1S/C2H3N3S.Ag/c3-2-1-4-5-6-2;/h1H,3H2;. The van der Waals surface area contributed by atoms with Crippen LogP contribution in [0.15, 0.2) is 6.20 Å². The van der Waals surface area contributed by atoms with Gasteiger partial charge in [-0.25, -0.2) is 0 Å². The fourth-order valence-corrected chi connectivity index (χ4v) is 0.458. The van der Waals surface area contributed by atoms with E-state index in [-0.39, 0.29) is 22.4 Å². The van der Waals surface area contributed by atoms with Crippen molar-refractivity contribution < 1.29 is 22.4 Å². The molecule has 1 aromatic heterocycles. The molecule has 0 aliphatic carbocycles. The summed E-state index contributed by atoms with van der Waals surface area (Å²) in [6.07, 6.45) is 1.52. The summed E-state index contributed by atoms with van der Waals surface area (Å²) in [6.45, 7) is 0. The molecule has 7 heavy (non-hydrogen) atoms. The zero-order valence-corrected chi connectivity index (χ0v) is 5.56. The van der Waals surface area contributed by atoms with Crippen molar-refractivity contribution in [3.05, 3.63) is 6.20 Å². The second-order valence-electron chi connectivity index (χ2n) is 0.820. The molecule has 0 saturated heterocycles. The van der Waals surface area contributed by atoms with E-state index < -0.39 is 0 Å². The van der Waals surface area contributed by atoms with E-state index in [0.29, 0.717) is 5.00 Å². The number of nitrogens with zero attached hydrogens (tertiary/aromatic N) is 2. The van der Waals surface area contributed by atoms with Crippen molar-refractivity contribution in [3.8, 4) is 0 Å². The van der Waals surface area contributed by atoms with E-state index in [9.17, 15) is 0 Å². The number of nitrogens with two attached hydrogens (primary N) is 1. The predicted molar refractivity (Wildman–Crippen MR) is 24.3 cm³/mol. The van der Waals surface area contributed by atoms with Crippen molar-refractivity contribution in [2.24, 2.45) is 0 Å². The topological polar surface area (TPSA) is 51.8 Å². The van der Waals surface area contributed by atoms with Crippen LogP contribution in [0.1, 0.15) is 0 Å². The van der Waals surface area contributed by atoms with E-state index in [2.05, 4.69) is 9.59 Å². The third-order valence-electron chi connectivity index (χ3n) is 0.378. The second-order valence-corrected chi connectivity index (χ2v) is 1.64. The molecule has 0 bridgehead atoms. The molecule has 0 saturated carbocycles. The van der Waals surface area contributed by atoms with E-state index in [1.165, 1.54) is 17.7 Å². The first-order valence-electron chi connectivity index (χ1n) is 1.42. The molecule has 2 N–H and O–H groups in total. The van der Waals surface area contributed by atoms with Crippen LogP contribution < -0.4 is 5.73 Å². The average Bonchev–Trinajstić information content (AvgIpc) is 1.86. The van der Waals surface area contributed by atoms with Crippen LogP contribution >= 0.6 is 11.5 Å². The summed E-state index contributed by atoms with van der Waals surface area (Å²) >= 11 is 1.19. The molecule has 0 atom stereocenters. The van der Waals surface area contributed by atoms with E-state index in [0.717, 1.165) is 0 Å². The molecule has 0 unspecified atom stereocenters. The Morgan fingerprint density at radius 3 is 2.57 bits per heavy atom. The van der Waals surface area contributed by atoms with Gasteiger partial charge in [-0.2, -0.15) is 0 Å². The van der Waals surface area contributed by atoms with Crippen molar-refractivity contribution >= 4 is 16.5 Å². The number of hydrogen-bond acceptors (Lipinski definition) is 4. The van der Waals surface area contributed by atoms with E-state index >= 15 is 0 Å². The van der Waals surface area contributed by atoms with Crippen LogP contribution in [0.2, 0.25) is 0 Å². The Morgan fingerprint density at radius 1 is 1.71 bits per heavy atom. The molecule has 1 radical (unpaired) electrons. The summed E-state index contributed by atoms with van der Waals surface area (Å²) in [5, 5.41) is 4.13. The van der Waals surface area contributed by atoms with Gasteiger partial charge in [0.25, 0.3) is 0 Å². The summed E-state index contributed by atoms with van der Waals surface area (Å²) in [6, 6.07) is 0. The molecule has 0 amide bonds. The third kappa shape index (κ3) is 2.03. The van der Waals surface area contributed by atoms with Crippen LogP contribution in [0.5, 0.6) is 0 Å². The minimum atomic E-state index is 0. The maximum Gasteiger partial charge on any atom is 0.127 e. The number of nitrogen functional groups attached to an aromatic ring is 1. The van der Waals surface area contributed by atoms with E-state index in [1.54, 1.807) is 0 Å². The minimum absolute atomic E-state index is 0. The SMILES string of the molecule is Nc1cnns1.[Ag]. The van der Waals surface area contributed by atoms with Gasteiger partial charge in [-0.1, -0.05) is 4.49 Å². The van der Waals surface area contributed by atoms with Crippen molar-refractivity contribution in [1.29, 1.82) is 0 Å². The minimum Gasteiger partial charge on any atom is -0.388 e. The Bertz CT molecular complexity index is 116. The molecule has 5 heteroatoms. The van der Waals surface area contributed by atoms with Crippen LogP contribution in [0.3, 0.4) is 0 Å². The van der Waals surface area contributed by atoms with Gasteiger partial charge in [0, 0.05) is 33.9 Å². The maximum absolute atomic E-state index is 5.17. The Kier molecular flexibility index (Phi) is 3.19. The van der Waals surface area contributed by atoms with Crippen molar-refractivity contribution in [2.75, 3.05) is 5.73 Å². The molecule has 0 aliphatic heterocycles. The molecule has 0 aliphatic rings. The molecular weight excluding hydrogens is 206 g/mol. The maximum atomic E-state index is 5.17. The first-order valence-corrected chi connectivity index (χ1v) is 2.20. The van der Waals surface area contributed by atoms with Crippen LogP contribution in [-0.2, 0) is 22.4 Å². The number of anilines is 1. The largest absolute Gasteiger partial charge is 0.388 e. The van der Waals surface area contributed by atoms with Crippen molar-refractivity contribution in [2.45, 2.75) is 0 Å². The van der Waals surface area contributed by atoms with Gasteiger partial charge in [-0.05, 0) is 0 Å². The first-order chi connectivity index (χ1) is 2.89. The van der Waals surface area contributed by atoms with E-state index in [4.69, 9.17) is 5.73 Å². The predicted octanol–water partition coefficient (Wildman–Crippen LogP) is 0.118. The monoisotopic (exact) mass is 208 g/mol. The zero-order chi connectivity index (χ0) is 4.41. The molecule has 0 spiro atoms. The summed E-state index contributed by atoms with van der Waals surface area (Å²) in [4.78, 5) is 0. The molecule has 0 fully saturated rings. The molecule has 1 heterocycles. The molecule has 3 nitrogen and oxygen atoms in total. The van der Waals surface area contributed by atoms with Gasteiger partial charge in [0.15, 0.2) is 0 Å². The van der Waals surface area contributed by atoms with Crippen molar-refractivity contribution in [3.63, 3.8) is 0 Å². The Balaban J connectivity index is 0.000000360. The van der Waals surface area contributed by atoms with Gasteiger partial charge in [0.1, 0.15) is 5.00 Å². The van der Waals surface area contributed by atoms with Gasteiger partial charge in [0.2, 0.25) is 0 Å². The average molecular weight is 209 g/mol. The fraction of sp³-hybridized carbons (Fsp3) is 0. The second kappa shape index (κ2) is 3.15. The zero-order valence-electron chi connectivity index (χ0n) is 3.26. The Labute approximate surface area is 60.6 Å². The molecule has 1 aromatic rings. The third-order valence-corrected chi connectivity index (χ3v) is 0.871. The summed E-state index contributed by atoms with van der Waals surface area (Å²) in [5.41, 5.74) is 5.17. The summed E-state index contributed by atoms with van der Waals surface area (Å²) < 4.78 is 3.49. The molecule has 43 valence electrons. The van der Waals surface area contributed by atoms with Gasteiger partial charge in [-0.15, -0.1) is 5.10 Å². The van der Waals surface area contributed by atoms with Crippen molar-refractivity contribution in [1.82, 2.24) is 9.59 Å². The molecular formula is C2H3AgN3S. The first kappa shape index (κ1) is 7.10. The smallest absolute Gasteiger partial charge is 0.127 e. The number of rotatable bonds is 0. The number of aromatic nitrogens is 2. The Morgan fingerprint density at radius 2 is 2.43 bits per heavy atom. The molecule has 1 rings (SSSR count). The van der Waals surface area contributed by atoms with Crippen LogP contribution in [-0.4, -0.2) is 9.59 Å². The van der Waals surface area contributed by atoms with Gasteiger partial charge < -0.3 is 5.73 Å². The summed E-state index contributed by atoms with van der Waals surface area (Å²) in [7, 11) is 0. The Hall–Kier alpha value is 0.100. The number of hydrogen-bond donors (Lipinski definition) is 1. The fourth-order valence-electron chi connectivity index (χ4n) is 0.175. The van der Waals surface area contributed by atoms with Crippen LogP contribution in [0, 0.1) is 0 Å². The summed E-state index contributed by atoms with van der Waals surface area (Å²) in [5.74, 6) is 0. The quantitative estimate of drug-likeness (QED) is 0.617. The van der Waals surface area contributed by atoms with Gasteiger partial charge >= 0.3 is 0 Å². The molecule has 0 aromatic carbocycles.